The zero-order chi connectivity index (χ0) is 28.2. The second-order valence-electron chi connectivity index (χ2n) is 10.4. The lowest BCUT2D eigenvalue weighted by Crippen LogP contribution is -2.40. The van der Waals surface area contributed by atoms with Gasteiger partial charge in [0.15, 0.2) is 0 Å². The molecular weight excluding hydrogens is 534 g/mol. The number of carbonyl (C=O) groups is 1. The Morgan fingerprint density at radius 2 is 1.90 bits per heavy atom. The van der Waals surface area contributed by atoms with Crippen LogP contribution in [0.5, 0.6) is 0 Å². The van der Waals surface area contributed by atoms with Crippen LogP contribution < -0.4 is 21.1 Å². The van der Waals surface area contributed by atoms with Gasteiger partial charge in [-0.05, 0) is 56.0 Å². The molecule has 0 bridgehead atoms. The third-order valence-corrected chi connectivity index (χ3v) is 8.72. The van der Waals surface area contributed by atoms with Crippen molar-refractivity contribution in [3.8, 4) is 10.4 Å². The molecule has 1 aliphatic heterocycles. The number of fused-ring (bicyclic) bond motifs is 1. The van der Waals surface area contributed by atoms with Gasteiger partial charge in [-0.1, -0.05) is 30.3 Å². The molecule has 0 unspecified atom stereocenters. The Morgan fingerprint density at radius 1 is 1.07 bits per heavy atom. The second-order valence-corrected chi connectivity index (χ2v) is 11.5. The molecule has 1 amide bonds. The first kappa shape index (κ1) is 26.8. The Bertz CT molecular complexity index is 1670. The van der Waals surface area contributed by atoms with Crippen LogP contribution in [0.1, 0.15) is 42.8 Å². The highest BCUT2D eigenvalue weighted by molar-refractivity contribution is 7.15. The summed E-state index contributed by atoms with van der Waals surface area (Å²) in [6.45, 7) is 3.88. The molecular formula is C31H33N7O2S. The van der Waals surface area contributed by atoms with Crippen LogP contribution in [0.3, 0.4) is 0 Å². The first-order valence-electron chi connectivity index (χ1n) is 14.0. The maximum absolute atomic E-state index is 13.8. The van der Waals surface area contributed by atoms with E-state index in [2.05, 4.69) is 49.8 Å². The number of nitrogens with one attached hydrogen (secondary N) is 3. The summed E-state index contributed by atoms with van der Waals surface area (Å²) in [6.07, 6.45) is 8.36. The lowest BCUT2D eigenvalue weighted by atomic mass is 10.1. The number of H-pyrrole nitrogens is 1. The van der Waals surface area contributed by atoms with Gasteiger partial charge < -0.3 is 20.5 Å². The van der Waals surface area contributed by atoms with Gasteiger partial charge in [0, 0.05) is 51.8 Å². The molecule has 0 radical (unpaired) electrons. The number of amides is 1. The SMILES string of the molecule is C[C@@H](Nc1cnc(N2CCCCC2)n(CC(=O)NCc2cc3cnccc3[nH]2)c1=O)c1ccc(-c2ccccc2)s1. The fourth-order valence-corrected chi connectivity index (χ4v) is 6.26. The molecule has 5 heterocycles. The van der Waals surface area contributed by atoms with Gasteiger partial charge in [-0.2, -0.15) is 0 Å². The summed E-state index contributed by atoms with van der Waals surface area (Å²) in [4.78, 5) is 43.5. The number of nitrogens with zero attached hydrogens (tertiary/aromatic N) is 4. The van der Waals surface area contributed by atoms with Crippen LogP contribution >= 0.6 is 11.3 Å². The van der Waals surface area contributed by atoms with Crippen LogP contribution in [-0.2, 0) is 17.9 Å². The van der Waals surface area contributed by atoms with Crippen LogP contribution in [-0.4, -0.2) is 38.5 Å². The maximum Gasteiger partial charge on any atom is 0.278 e. The van der Waals surface area contributed by atoms with Gasteiger partial charge in [-0.15, -0.1) is 11.3 Å². The fourth-order valence-electron chi connectivity index (χ4n) is 5.24. The Hall–Kier alpha value is -4.44. The number of benzene rings is 1. The van der Waals surface area contributed by atoms with Gasteiger partial charge in [0.1, 0.15) is 12.2 Å². The molecule has 210 valence electrons. The molecule has 0 spiro atoms. The van der Waals surface area contributed by atoms with Crippen molar-refractivity contribution in [2.45, 2.75) is 45.3 Å². The third-order valence-electron chi connectivity index (χ3n) is 7.40. The number of hydrogen-bond donors (Lipinski definition) is 3. The monoisotopic (exact) mass is 567 g/mol. The lowest BCUT2D eigenvalue weighted by molar-refractivity contribution is -0.121. The van der Waals surface area contributed by atoms with Crippen molar-refractivity contribution in [3.63, 3.8) is 0 Å². The summed E-state index contributed by atoms with van der Waals surface area (Å²) in [5.41, 5.74) is 3.13. The number of hydrogen-bond acceptors (Lipinski definition) is 7. The minimum Gasteiger partial charge on any atom is -0.372 e. The molecule has 4 aromatic heterocycles. The van der Waals surface area contributed by atoms with E-state index in [-0.39, 0.29) is 24.1 Å². The van der Waals surface area contributed by atoms with E-state index in [4.69, 9.17) is 4.98 Å². The van der Waals surface area contributed by atoms with Crippen LogP contribution in [0, 0.1) is 0 Å². The number of rotatable bonds is 9. The zero-order valence-corrected chi connectivity index (χ0v) is 23.8. The highest BCUT2D eigenvalue weighted by Gasteiger charge is 2.21. The molecule has 1 fully saturated rings. The molecule has 0 aliphatic carbocycles. The summed E-state index contributed by atoms with van der Waals surface area (Å²) in [7, 11) is 0. The van der Waals surface area contributed by atoms with Crippen LogP contribution in [0.2, 0.25) is 0 Å². The van der Waals surface area contributed by atoms with Crippen molar-refractivity contribution in [3.05, 3.63) is 94.1 Å². The number of carbonyl (C=O) groups excluding carboxylic acids is 1. The minimum atomic E-state index is -0.251. The number of anilines is 2. The zero-order valence-electron chi connectivity index (χ0n) is 23.0. The van der Waals surface area contributed by atoms with E-state index in [9.17, 15) is 9.59 Å². The van der Waals surface area contributed by atoms with E-state index in [0.29, 0.717) is 18.2 Å². The first-order valence-corrected chi connectivity index (χ1v) is 14.8. The van der Waals surface area contributed by atoms with E-state index >= 15 is 0 Å². The van der Waals surface area contributed by atoms with Crippen molar-refractivity contribution in [1.29, 1.82) is 0 Å². The summed E-state index contributed by atoms with van der Waals surface area (Å²) in [5.74, 6) is 0.294. The molecule has 1 aromatic carbocycles. The number of thiophene rings is 1. The quantitative estimate of drug-likeness (QED) is 0.222. The van der Waals surface area contributed by atoms with Crippen LogP contribution in [0.15, 0.2) is 78.0 Å². The van der Waals surface area contributed by atoms with E-state index in [1.54, 1.807) is 29.9 Å². The molecule has 10 heteroatoms. The standard InChI is InChI=1S/C31H33N7O2S/c1-21(27-10-11-28(41-27)22-8-4-2-5-9-22)35-26-19-34-31(37-14-6-3-7-15-37)38(30(26)40)20-29(39)33-18-24-16-23-17-32-13-12-25(23)36-24/h2,4-5,8-13,16-17,19,21,35-36H,3,6-7,14-15,18,20H2,1H3,(H,33,39)/t21-/m1/s1. The molecule has 1 atom stereocenters. The van der Waals surface area contributed by atoms with Gasteiger partial charge in [-0.25, -0.2) is 4.98 Å². The summed E-state index contributed by atoms with van der Waals surface area (Å²) in [5, 5.41) is 7.30. The maximum atomic E-state index is 13.8. The van der Waals surface area contributed by atoms with Crippen LogP contribution in [0.4, 0.5) is 11.6 Å². The van der Waals surface area contributed by atoms with Gasteiger partial charge >= 0.3 is 0 Å². The summed E-state index contributed by atoms with van der Waals surface area (Å²) < 4.78 is 1.51. The van der Waals surface area contributed by atoms with Crippen molar-refractivity contribution in [2.75, 3.05) is 23.3 Å². The smallest absolute Gasteiger partial charge is 0.278 e. The second kappa shape index (κ2) is 12.0. The molecule has 1 saturated heterocycles. The first-order chi connectivity index (χ1) is 20.0. The van der Waals surface area contributed by atoms with Crippen molar-refractivity contribution in [2.24, 2.45) is 0 Å². The molecule has 3 N–H and O–H groups in total. The van der Waals surface area contributed by atoms with Gasteiger partial charge in [0.05, 0.1) is 18.8 Å². The highest BCUT2D eigenvalue weighted by Crippen LogP contribution is 2.32. The van der Waals surface area contributed by atoms with E-state index in [1.165, 1.54) is 15.0 Å². The van der Waals surface area contributed by atoms with Crippen molar-refractivity contribution >= 4 is 39.8 Å². The van der Waals surface area contributed by atoms with Gasteiger partial charge in [0.25, 0.3) is 5.56 Å². The summed E-state index contributed by atoms with van der Waals surface area (Å²) in [6, 6.07) is 18.2. The Morgan fingerprint density at radius 3 is 2.71 bits per heavy atom. The molecule has 6 rings (SSSR count). The Kier molecular flexibility index (Phi) is 7.82. The van der Waals surface area contributed by atoms with Crippen molar-refractivity contribution < 1.29 is 4.79 Å². The number of aromatic nitrogens is 4. The highest BCUT2D eigenvalue weighted by atomic mass is 32.1. The minimum absolute atomic E-state index is 0.105. The molecule has 5 aromatic rings. The van der Waals surface area contributed by atoms with E-state index < -0.39 is 0 Å². The Balaban J connectivity index is 1.21. The number of aromatic amines is 1. The van der Waals surface area contributed by atoms with Gasteiger partial charge in [-0.3, -0.25) is 19.1 Å². The number of piperidine rings is 1. The molecule has 41 heavy (non-hydrogen) atoms. The lowest BCUT2D eigenvalue weighted by Gasteiger charge is -2.29. The van der Waals surface area contributed by atoms with Crippen molar-refractivity contribution in [1.82, 2.24) is 24.8 Å². The van der Waals surface area contributed by atoms with Gasteiger partial charge in [0.2, 0.25) is 11.9 Å². The van der Waals surface area contributed by atoms with E-state index in [1.807, 2.05) is 37.3 Å². The topological polar surface area (TPSA) is 108 Å². The third kappa shape index (κ3) is 6.02. The number of pyridine rings is 1. The Labute approximate surface area is 242 Å². The summed E-state index contributed by atoms with van der Waals surface area (Å²) >= 11 is 1.69. The predicted octanol–water partition coefficient (Wildman–Crippen LogP) is 5.33. The fraction of sp³-hybridized carbons (Fsp3) is 0.290. The predicted molar refractivity (Wildman–Crippen MR) is 164 cm³/mol. The van der Waals surface area contributed by atoms with E-state index in [0.717, 1.165) is 53.8 Å². The normalized spacial score (nSPS) is 14.2. The average molecular weight is 568 g/mol. The largest absolute Gasteiger partial charge is 0.372 e. The molecule has 0 saturated carbocycles. The molecule has 1 aliphatic rings. The van der Waals surface area contributed by atoms with Crippen LogP contribution in [0.25, 0.3) is 21.3 Å². The average Bonchev–Trinajstić information content (AvgIpc) is 3.67. The molecule has 9 nitrogen and oxygen atoms in total.